The molecule has 0 aromatic heterocycles. The number of para-hydroxylation sites is 1. The molecule has 1 rings (SSSR count). The molecule has 0 aliphatic heterocycles. The molecule has 1 N–H and O–H groups in total. The third-order valence-electron chi connectivity index (χ3n) is 1.80. The van der Waals surface area contributed by atoms with Gasteiger partial charge in [-0.25, -0.2) is 0 Å². The number of hydrogen-bond donors (Lipinski definition) is 1. The van der Waals surface area contributed by atoms with Gasteiger partial charge in [0.2, 0.25) is 5.91 Å². The summed E-state index contributed by atoms with van der Waals surface area (Å²) < 4.78 is 0. The van der Waals surface area contributed by atoms with Gasteiger partial charge in [0, 0.05) is 0 Å². The largest absolute Gasteiger partial charge is 0.322 e. The van der Waals surface area contributed by atoms with E-state index in [-0.39, 0.29) is 0 Å². The Kier molecular flexibility index (Phi) is 3.96. The van der Waals surface area contributed by atoms with E-state index in [4.69, 9.17) is 28.5 Å². The topological polar surface area (TPSA) is 52.9 Å². The lowest BCUT2D eigenvalue weighted by atomic mass is 10.2. The van der Waals surface area contributed by atoms with Crippen molar-refractivity contribution in [1.29, 1.82) is 5.26 Å². The molecule has 15 heavy (non-hydrogen) atoms. The number of amides is 1. The van der Waals surface area contributed by atoms with Crippen LogP contribution in [0.2, 0.25) is 10.0 Å². The summed E-state index contributed by atoms with van der Waals surface area (Å²) in [4.78, 5) is 11.4. The first kappa shape index (κ1) is 11.8. The number of rotatable bonds is 2. The lowest BCUT2D eigenvalue weighted by Crippen LogP contribution is -2.19. The Hall–Kier alpha value is -1.24. The van der Waals surface area contributed by atoms with E-state index in [2.05, 4.69) is 5.32 Å². The second kappa shape index (κ2) is 5.01. The zero-order valence-electron chi connectivity index (χ0n) is 7.92. The molecule has 1 amide bonds. The van der Waals surface area contributed by atoms with E-state index >= 15 is 0 Å². The fourth-order valence-corrected chi connectivity index (χ4v) is 1.40. The first-order valence-corrected chi connectivity index (χ1v) is 4.96. The standard InChI is InChI=1S/C10H8Cl2N2O/c1-6(5-13)10(15)14-9-7(11)3-2-4-8(9)12/h2-4,6H,1H3,(H,14,15). The fourth-order valence-electron chi connectivity index (χ4n) is 0.907. The monoisotopic (exact) mass is 242 g/mol. The molecule has 1 aromatic rings. The predicted octanol–water partition coefficient (Wildman–Crippen LogP) is 3.09. The maximum Gasteiger partial charge on any atom is 0.241 e. The van der Waals surface area contributed by atoms with Gasteiger partial charge in [0.1, 0.15) is 5.92 Å². The van der Waals surface area contributed by atoms with Gasteiger partial charge in [-0.1, -0.05) is 29.3 Å². The first-order valence-electron chi connectivity index (χ1n) is 4.20. The van der Waals surface area contributed by atoms with Crippen molar-refractivity contribution in [2.75, 3.05) is 5.32 Å². The van der Waals surface area contributed by atoms with Crippen molar-refractivity contribution >= 4 is 34.8 Å². The number of benzene rings is 1. The van der Waals surface area contributed by atoms with Crippen LogP contribution in [0.3, 0.4) is 0 Å². The molecule has 3 nitrogen and oxygen atoms in total. The van der Waals surface area contributed by atoms with Crippen LogP contribution in [0.25, 0.3) is 0 Å². The molecule has 5 heteroatoms. The van der Waals surface area contributed by atoms with Gasteiger partial charge in [0.15, 0.2) is 0 Å². The minimum absolute atomic E-state index is 0.341. The zero-order chi connectivity index (χ0) is 11.4. The minimum Gasteiger partial charge on any atom is -0.322 e. The second-order valence-corrected chi connectivity index (χ2v) is 3.75. The van der Waals surface area contributed by atoms with Gasteiger partial charge in [0.05, 0.1) is 21.8 Å². The summed E-state index contributed by atoms with van der Waals surface area (Å²) in [5, 5.41) is 11.7. The average molecular weight is 243 g/mol. The number of nitriles is 1. The number of nitrogens with zero attached hydrogens (tertiary/aromatic N) is 1. The molecule has 0 saturated carbocycles. The Morgan fingerprint density at radius 2 is 2.00 bits per heavy atom. The maximum atomic E-state index is 11.4. The molecular formula is C10H8Cl2N2O. The molecule has 0 aliphatic rings. The van der Waals surface area contributed by atoms with Crippen LogP contribution in [0.5, 0.6) is 0 Å². The summed E-state index contributed by atoms with van der Waals surface area (Å²) in [6, 6.07) is 6.72. The van der Waals surface area contributed by atoms with E-state index in [1.807, 2.05) is 6.07 Å². The molecule has 1 atom stereocenters. The summed E-state index contributed by atoms with van der Waals surface area (Å²) in [6.45, 7) is 1.50. The summed E-state index contributed by atoms with van der Waals surface area (Å²) in [5.74, 6) is -1.16. The van der Waals surface area contributed by atoms with Gasteiger partial charge in [-0.3, -0.25) is 4.79 Å². The van der Waals surface area contributed by atoms with Crippen LogP contribution in [-0.4, -0.2) is 5.91 Å². The molecule has 0 radical (unpaired) electrons. The van der Waals surface area contributed by atoms with Crippen molar-refractivity contribution < 1.29 is 4.79 Å². The van der Waals surface area contributed by atoms with E-state index in [0.717, 1.165) is 0 Å². The minimum atomic E-state index is -0.739. The number of anilines is 1. The summed E-state index contributed by atoms with van der Waals surface area (Å²) in [5.41, 5.74) is 0.341. The third kappa shape index (κ3) is 2.85. The summed E-state index contributed by atoms with van der Waals surface area (Å²) in [6.07, 6.45) is 0. The van der Waals surface area contributed by atoms with Gasteiger partial charge in [0.25, 0.3) is 0 Å². The van der Waals surface area contributed by atoms with E-state index in [0.29, 0.717) is 15.7 Å². The number of halogens is 2. The highest BCUT2D eigenvalue weighted by Gasteiger charge is 2.14. The van der Waals surface area contributed by atoms with Crippen LogP contribution in [0.4, 0.5) is 5.69 Å². The molecule has 78 valence electrons. The van der Waals surface area contributed by atoms with Gasteiger partial charge in [-0.15, -0.1) is 0 Å². The average Bonchev–Trinajstić information content (AvgIpc) is 2.22. The van der Waals surface area contributed by atoms with Gasteiger partial charge < -0.3 is 5.32 Å². The van der Waals surface area contributed by atoms with Crippen molar-refractivity contribution in [3.8, 4) is 6.07 Å². The number of nitrogens with one attached hydrogen (secondary N) is 1. The molecule has 1 unspecified atom stereocenters. The predicted molar refractivity (Wildman–Crippen MR) is 59.9 cm³/mol. The smallest absolute Gasteiger partial charge is 0.241 e. The van der Waals surface area contributed by atoms with Crippen LogP contribution >= 0.6 is 23.2 Å². The molecule has 0 aliphatic carbocycles. The Labute approximate surface area is 97.6 Å². The molecule has 0 heterocycles. The number of carbonyl (C=O) groups is 1. The maximum absolute atomic E-state index is 11.4. The lowest BCUT2D eigenvalue weighted by Gasteiger charge is -2.09. The first-order chi connectivity index (χ1) is 7.06. The summed E-state index contributed by atoms with van der Waals surface area (Å²) in [7, 11) is 0. The quantitative estimate of drug-likeness (QED) is 0.867. The molecule has 1 aromatic carbocycles. The number of carbonyl (C=O) groups excluding carboxylic acids is 1. The Morgan fingerprint density at radius 1 is 1.47 bits per heavy atom. The summed E-state index contributed by atoms with van der Waals surface area (Å²) >= 11 is 11.7. The van der Waals surface area contributed by atoms with Gasteiger partial charge >= 0.3 is 0 Å². The highest BCUT2D eigenvalue weighted by molar-refractivity contribution is 6.39. The van der Waals surface area contributed by atoms with Crippen molar-refractivity contribution in [3.63, 3.8) is 0 Å². The van der Waals surface area contributed by atoms with Crippen LogP contribution in [0.1, 0.15) is 6.92 Å². The van der Waals surface area contributed by atoms with Crippen molar-refractivity contribution in [2.24, 2.45) is 5.92 Å². The molecule has 0 bridgehead atoms. The third-order valence-corrected chi connectivity index (χ3v) is 2.43. The van der Waals surface area contributed by atoms with Gasteiger partial charge in [-0.05, 0) is 19.1 Å². The van der Waals surface area contributed by atoms with Crippen LogP contribution in [0.15, 0.2) is 18.2 Å². The molecular weight excluding hydrogens is 235 g/mol. The highest BCUT2D eigenvalue weighted by atomic mass is 35.5. The van der Waals surface area contributed by atoms with Crippen LogP contribution in [-0.2, 0) is 4.79 Å². The van der Waals surface area contributed by atoms with Crippen molar-refractivity contribution in [2.45, 2.75) is 6.92 Å². The lowest BCUT2D eigenvalue weighted by molar-refractivity contribution is -0.117. The van der Waals surface area contributed by atoms with E-state index in [9.17, 15) is 4.79 Å². The SMILES string of the molecule is CC(C#N)C(=O)Nc1c(Cl)cccc1Cl. The van der Waals surface area contributed by atoms with Crippen LogP contribution < -0.4 is 5.32 Å². The van der Waals surface area contributed by atoms with Crippen molar-refractivity contribution in [3.05, 3.63) is 28.2 Å². The second-order valence-electron chi connectivity index (χ2n) is 2.94. The van der Waals surface area contributed by atoms with E-state index in [1.54, 1.807) is 18.2 Å². The molecule has 0 fully saturated rings. The molecule has 0 saturated heterocycles. The Balaban J connectivity index is 2.91. The Morgan fingerprint density at radius 3 is 2.47 bits per heavy atom. The fraction of sp³-hybridized carbons (Fsp3) is 0.200. The molecule has 0 spiro atoms. The van der Waals surface area contributed by atoms with Crippen LogP contribution in [0, 0.1) is 17.2 Å². The van der Waals surface area contributed by atoms with E-state index in [1.165, 1.54) is 6.92 Å². The Bertz CT molecular complexity index is 406. The highest BCUT2D eigenvalue weighted by Crippen LogP contribution is 2.29. The van der Waals surface area contributed by atoms with E-state index < -0.39 is 11.8 Å². The normalized spacial score (nSPS) is 11.6. The number of hydrogen-bond acceptors (Lipinski definition) is 2. The zero-order valence-corrected chi connectivity index (χ0v) is 9.43. The van der Waals surface area contributed by atoms with Gasteiger partial charge in [-0.2, -0.15) is 5.26 Å². The van der Waals surface area contributed by atoms with Crippen molar-refractivity contribution in [1.82, 2.24) is 0 Å².